The monoisotopic (exact) mass is 418 g/mol. The van der Waals surface area contributed by atoms with E-state index in [0.717, 1.165) is 15.4 Å². The third kappa shape index (κ3) is 6.60. The molecule has 3 N–H and O–H groups in total. The molecule has 1 saturated heterocycles. The van der Waals surface area contributed by atoms with Crippen molar-refractivity contribution in [3.05, 3.63) is 65.7 Å². The van der Waals surface area contributed by atoms with Gasteiger partial charge in [-0.1, -0.05) is 12.1 Å². The molecule has 0 bridgehead atoms. The van der Waals surface area contributed by atoms with Gasteiger partial charge < -0.3 is 20.0 Å². The molecule has 0 saturated carbocycles. The summed E-state index contributed by atoms with van der Waals surface area (Å²) >= 11 is 0. The first-order chi connectivity index (χ1) is 14.4. The van der Waals surface area contributed by atoms with Crippen molar-refractivity contribution in [1.29, 1.82) is 0 Å². The van der Waals surface area contributed by atoms with Gasteiger partial charge in [-0.05, 0) is 36.4 Å². The summed E-state index contributed by atoms with van der Waals surface area (Å²) in [5.41, 5.74) is 1.56. The molecule has 1 atom stereocenters. The van der Waals surface area contributed by atoms with Gasteiger partial charge in [0, 0.05) is 11.3 Å². The Bertz CT molecular complexity index is 850. The van der Waals surface area contributed by atoms with Crippen molar-refractivity contribution in [1.82, 2.24) is 4.90 Å². The highest BCUT2D eigenvalue weighted by Gasteiger charge is 2.26. The molecule has 30 heavy (non-hydrogen) atoms. The summed E-state index contributed by atoms with van der Waals surface area (Å²) in [7, 11) is 1.95. The van der Waals surface area contributed by atoms with Crippen LogP contribution in [0.25, 0.3) is 0 Å². The van der Waals surface area contributed by atoms with Gasteiger partial charge in [-0.2, -0.15) is 0 Å². The third-order valence-electron chi connectivity index (χ3n) is 5.23. The van der Waals surface area contributed by atoms with Crippen molar-refractivity contribution >= 4 is 17.5 Å². The topological polar surface area (TPSA) is 58.3 Å². The second-order valence-corrected chi connectivity index (χ2v) is 7.80. The summed E-state index contributed by atoms with van der Waals surface area (Å²) < 4.78 is 25.9. The smallest absolute Gasteiger partial charge is 0.279 e. The summed E-state index contributed by atoms with van der Waals surface area (Å²) in [4.78, 5) is 28.8. The first kappa shape index (κ1) is 21.9. The van der Waals surface area contributed by atoms with Crippen molar-refractivity contribution in [2.75, 3.05) is 51.6 Å². The van der Waals surface area contributed by atoms with E-state index in [0.29, 0.717) is 51.5 Å². The fourth-order valence-electron chi connectivity index (χ4n) is 3.60. The number of quaternary nitrogens is 2. The second-order valence-electron chi connectivity index (χ2n) is 7.80. The minimum absolute atomic E-state index is 0.0874. The van der Waals surface area contributed by atoms with Crippen LogP contribution in [0.1, 0.15) is 5.56 Å². The van der Waals surface area contributed by atoms with Crippen LogP contribution in [0.3, 0.4) is 0 Å². The molecular weight excluding hydrogens is 390 g/mol. The fourth-order valence-corrected chi connectivity index (χ4v) is 3.60. The summed E-state index contributed by atoms with van der Waals surface area (Å²) in [6, 6.07) is 12.0. The van der Waals surface area contributed by atoms with E-state index in [-0.39, 0.29) is 23.4 Å². The van der Waals surface area contributed by atoms with Crippen molar-refractivity contribution < 1.29 is 28.2 Å². The van der Waals surface area contributed by atoms with E-state index in [4.69, 9.17) is 0 Å². The molecular formula is C22H28F2N4O2+2. The number of piperazine rings is 1. The molecule has 2 aromatic rings. The van der Waals surface area contributed by atoms with Gasteiger partial charge in [-0.25, -0.2) is 8.78 Å². The Morgan fingerprint density at radius 3 is 2.17 bits per heavy atom. The van der Waals surface area contributed by atoms with E-state index < -0.39 is 0 Å². The second kappa shape index (κ2) is 10.3. The van der Waals surface area contributed by atoms with E-state index in [1.54, 1.807) is 12.1 Å². The van der Waals surface area contributed by atoms with Crippen LogP contribution in [0.4, 0.5) is 14.5 Å². The van der Waals surface area contributed by atoms with E-state index in [9.17, 15) is 18.4 Å². The Kier molecular flexibility index (Phi) is 7.48. The minimum Gasteiger partial charge on any atom is -0.327 e. The zero-order valence-electron chi connectivity index (χ0n) is 17.1. The first-order valence-electron chi connectivity index (χ1n) is 10.1. The number of halogens is 2. The van der Waals surface area contributed by atoms with Crippen molar-refractivity contribution in [2.45, 2.75) is 6.54 Å². The minimum atomic E-state index is -0.343. The maximum Gasteiger partial charge on any atom is 0.279 e. The lowest BCUT2D eigenvalue weighted by molar-refractivity contribution is -0.896. The van der Waals surface area contributed by atoms with Crippen molar-refractivity contribution in [3.63, 3.8) is 0 Å². The molecule has 1 fully saturated rings. The van der Waals surface area contributed by atoms with Crippen molar-refractivity contribution in [2.24, 2.45) is 0 Å². The van der Waals surface area contributed by atoms with Crippen LogP contribution in [0.15, 0.2) is 48.5 Å². The predicted octanol–water partition coefficient (Wildman–Crippen LogP) is -0.655. The number of hydrogen-bond acceptors (Lipinski definition) is 2. The average Bonchev–Trinajstić information content (AvgIpc) is 2.72. The Labute approximate surface area is 175 Å². The largest absolute Gasteiger partial charge is 0.327 e. The molecule has 0 radical (unpaired) electrons. The number of nitrogens with one attached hydrogen (secondary N) is 3. The highest BCUT2D eigenvalue weighted by molar-refractivity contribution is 5.91. The van der Waals surface area contributed by atoms with Gasteiger partial charge in [0.25, 0.3) is 11.8 Å². The number of nitrogens with zero attached hydrogens (tertiary/aromatic N) is 1. The van der Waals surface area contributed by atoms with E-state index in [2.05, 4.69) is 5.32 Å². The lowest BCUT2D eigenvalue weighted by atomic mass is 10.2. The number of amides is 2. The summed E-state index contributed by atoms with van der Waals surface area (Å²) in [5.74, 6) is -0.645. The maximum absolute atomic E-state index is 13.0. The molecule has 160 valence electrons. The number of rotatable bonds is 7. The zero-order valence-corrected chi connectivity index (χ0v) is 17.1. The van der Waals surface area contributed by atoms with Crippen LogP contribution in [0.2, 0.25) is 0 Å². The molecule has 1 aliphatic rings. The van der Waals surface area contributed by atoms with E-state index >= 15 is 0 Å². The summed E-state index contributed by atoms with van der Waals surface area (Å²) in [5, 5.41) is 2.77. The van der Waals surface area contributed by atoms with Gasteiger partial charge >= 0.3 is 0 Å². The number of hydrogen-bond donors (Lipinski definition) is 3. The Morgan fingerprint density at radius 1 is 1.00 bits per heavy atom. The number of carbonyl (C=O) groups excluding carboxylic acids is 2. The highest BCUT2D eigenvalue weighted by Crippen LogP contribution is 2.07. The van der Waals surface area contributed by atoms with Crippen LogP contribution in [0, 0.1) is 11.6 Å². The molecule has 1 unspecified atom stereocenters. The third-order valence-corrected chi connectivity index (χ3v) is 5.23. The molecule has 0 aliphatic carbocycles. The molecule has 0 aromatic heterocycles. The average molecular weight is 418 g/mol. The van der Waals surface area contributed by atoms with E-state index in [1.165, 1.54) is 36.4 Å². The van der Waals surface area contributed by atoms with Gasteiger partial charge in [0.15, 0.2) is 13.1 Å². The maximum atomic E-state index is 13.0. The van der Waals surface area contributed by atoms with E-state index in [1.807, 2.05) is 11.9 Å². The predicted molar refractivity (Wildman–Crippen MR) is 109 cm³/mol. The van der Waals surface area contributed by atoms with Crippen LogP contribution >= 0.6 is 0 Å². The molecule has 1 aliphatic heterocycles. The molecule has 1 heterocycles. The van der Waals surface area contributed by atoms with Crippen molar-refractivity contribution in [3.8, 4) is 0 Å². The molecule has 0 spiro atoms. The number of carbonyl (C=O) groups is 2. The summed E-state index contributed by atoms with van der Waals surface area (Å²) in [6.45, 7) is 3.98. The number of benzene rings is 2. The molecule has 8 heteroatoms. The van der Waals surface area contributed by atoms with Crippen LogP contribution in [0.5, 0.6) is 0 Å². The number of anilines is 1. The van der Waals surface area contributed by atoms with Gasteiger partial charge in [0.2, 0.25) is 0 Å². The summed E-state index contributed by atoms with van der Waals surface area (Å²) in [6.07, 6.45) is 0. The Hall–Kier alpha value is -2.84. The fraction of sp³-hybridized carbons (Fsp3) is 0.364. The molecule has 3 rings (SSSR count). The lowest BCUT2D eigenvalue weighted by Gasteiger charge is -2.32. The van der Waals surface area contributed by atoms with Gasteiger partial charge in [0.1, 0.15) is 18.2 Å². The molecule has 2 amide bonds. The normalized spacial score (nSPS) is 15.6. The SMILES string of the molecule is C[NH+](CC(=O)N1CC[NH+](CC(=O)Nc2ccc(F)cc2)CC1)Cc1ccc(F)cc1. The Balaban J connectivity index is 1.38. The lowest BCUT2D eigenvalue weighted by Crippen LogP contribution is -3.16. The molecule has 2 aromatic carbocycles. The van der Waals surface area contributed by atoms with Crippen LogP contribution in [-0.4, -0.2) is 63.0 Å². The van der Waals surface area contributed by atoms with Gasteiger partial charge in [-0.15, -0.1) is 0 Å². The zero-order chi connectivity index (χ0) is 21.5. The standard InChI is InChI=1S/C22H26F2N4O2/c1-26(14-17-2-4-18(23)5-3-17)16-22(30)28-12-10-27(11-13-28)15-21(29)25-20-8-6-19(24)7-9-20/h2-9H,10-16H2,1H3,(H,25,29)/p+2. The Morgan fingerprint density at radius 2 is 1.57 bits per heavy atom. The molecule has 6 nitrogen and oxygen atoms in total. The quantitative estimate of drug-likeness (QED) is 0.560. The van der Waals surface area contributed by atoms with Gasteiger partial charge in [0.05, 0.1) is 33.2 Å². The van der Waals surface area contributed by atoms with Crippen LogP contribution < -0.4 is 15.1 Å². The van der Waals surface area contributed by atoms with Crippen LogP contribution in [-0.2, 0) is 16.1 Å². The highest BCUT2D eigenvalue weighted by atomic mass is 19.1. The first-order valence-corrected chi connectivity index (χ1v) is 10.1. The van der Waals surface area contributed by atoms with Gasteiger partial charge in [-0.3, -0.25) is 9.59 Å². The number of likely N-dealkylation sites (N-methyl/N-ethyl adjacent to an activating group) is 1.